The zero-order chi connectivity index (χ0) is 14.2. The molecule has 2 rings (SSSR count). The summed E-state index contributed by atoms with van der Waals surface area (Å²) >= 11 is 0. The molecular weight excluding hydrogens is 248 g/mol. The molecule has 1 aliphatic rings. The van der Waals surface area contributed by atoms with Crippen molar-refractivity contribution in [2.24, 2.45) is 5.92 Å². The molecule has 1 aromatic rings. The van der Waals surface area contributed by atoms with Gasteiger partial charge in [0.05, 0.1) is 19.3 Å². The van der Waals surface area contributed by atoms with E-state index in [0.717, 1.165) is 0 Å². The largest absolute Gasteiger partial charge is 0.396 e. The van der Waals surface area contributed by atoms with Gasteiger partial charge in [-0.1, -0.05) is 6.92 Å². The molecular formula is C14H18O5. The highest BCUT2D eigenvalue weighted by Crippen LogP contribution is 2.40. The van der Waals surface area contributed by atoms with Crippen molar-refractivity contribution in [3.8, 4) is 0 Å². The van der Waals surface area contributed by atoms with E-state index < -0.39 is 12.0 Å². The third kappa shape index (κ3) is 2.08. The van der Waals surface area contributed by atoms with Gasteiger partial charge in [0, 0.05) is 18.1 Å². The van der Waals surface area contributed by atoms with E-state index in [1.807, 2.05) is 0 Å². The average molecular weight is 266 g/mol. The number of Topliss-reactive ketones (excluding diaryl/α,β-unsaturated/α-hetero) is 1. The van der Waals surface area contributed by atoms with Crippen LogP contribution in [0, 0.1) is 5.92 Å². The summed E-state index contributed by atoms with van der Waals surface area (Å²) in [5.41, 5.74) is 2.37. The zero-order valence-electron chi connectivity index (χ0n) is 10.8. The van der Waals surface area contributed by atoms with Crippen LogP contribution in [0.3, 0.4) is 0 Å². The van der Waals surface area contributed by atoms with Crippen LogP contribution in [0.5, 0.6) is 0 Å². The number of fused-ring (bicyclic) bond motifs is 1. The van der Waals surface area contributed by atoms with E-state index in [2.05, 4.69) is 0 Å². The van der Waals surface area contributed by atoms with E-state index >= 15 is 0 Å². The molecule has 1 aromatic carbocycles. The van der Waals surface area contributed by atoms with Gasteiger partial charge in [-0.3, -0.25) is 4.79 Å². The summed E-state index contributed by atoms with van der Waals surface area (Å²) in [6.07, 6.45) is -0.641. The number of aliphatic hydroxyl groups is 4. The maximum absolute atomic E-state index is 12.1. The number of aliphatic hydroxyl groups excluding tert-OH is 4. The van der Waals surface area contributed by atoms with E-state index in [1.54, 1.807) is 13.0 Å². The summed E-state index contributed by atoms with van der Waals surface area (Å²) in [7, 11) is 0. The Bertz CT molecular complexity index is 509. The highest BCUT2D eigenvalue weighted by Gasteiger charge is 2.38. The predicted molar refractivity (Wildman–Crippen MR) is 67.5 cm³/mol. The van der Waals surface area contributed by atoms with Crippen molar-refractivity contribution in [3.63, 3.8) is 0 Å². The van der Waals surface area contributed by atoms with Crippen molar-refractivity contribution >= 4 is 5.78 Å². The summed E-state index contributed by atoms with van der Waals surface area (Å²) in [5, 5.41) is 38.0. The standard InChI is InChI=1S/C14H18O5/c1-7-13(18)10-4-8(5-16)9(2-3-15)11(6-17)12(10)14(7)19/h4,7,13,15-18H,2-3,5-6H2,1H3/t7-,13-/m0/s1. The fraction of sp³-hybridized carbons (Fsp3) is 0.500. The molecule has 0 heterocycles. The molecule has 0 spiro atoms. The maximum Gasteiger partial charge on any atom is 0.169 e. The van der Waals surface area contributed by atoms with Gasteiger partial charge < -0.3 is 20.4 Å². The topological polar surface area (TPSA) is 98.0 Å². The molecule has 104 valence electrons. The SMILES string of the molecule is C[C@@H]1C(=O)c2c(cc(CO)c(CCO)c2CO)[C@H]1O. The first-order chi connectivity index (χ1) is 9.06. The molecule has 19 heavy (non-hydrogen) atoms. The van der Waals surface area contributed by atoms with Crippen LogP contribution in [-0.2, 0) is 19.6 Å². The Balaban J connectivity index is 2.71. The Labute approximate surface area is 111 Å². The molecule has 0 fully saturated rings. The molecule has 0 radical (unpaired) electrons. The highest BCUT2D eigenvalue weighted by atomic mass is 16.3. The highest BCUT2D eigenvalue weighted by molar-refractivity contribution is 6.04. The van der Waals surface area contributed by atoms with Crippen molar-refractivity contribution in [2.75, 3.05) is 6.61 Å². The second-order valence-corrected chi connectivity index (χ2v) is 4.84. The summed E-state index contributed by atoms with van der Waals surface area (Å²) in [6, 6.07) is 1.60. The van der Waals surface area contributed by atoms with Gasteiger partial charge in [0.25, 0.3) is 0 Å². The van der Waals surface area contributed by atoms with Crippen LogP contribution in [0.2, 0.25) is 0 Å². The van der Waals surface area contributed by atoms with Crippen LogP contribution >= 0.6 is 0 Å². The molecule has 1 aliphatic carbocycles. The van der Waals surface area contributed by atoms with E-state index in [4.69, 9.17) is 5.11 Å². The van der Waals surface area contributed by atoms with Crippen LogP contribution in [0.15, 0.2) is 6.07 Å². The van der Waals surface area contributed by atoms with Crippen molar-refractivity contribution < 1.29 is 25.2 Å². The van der Waals surface area contributed by atoms with Gasteiger partial charge in [0.1, 0.15) is 0 Å². The summed E-state index contributed by atoms with van der Waals surface area (Å²) in [4.78, 5) is 12.1. The third-order valence-corrected chi connectivity index (χ3v) is 3.81. The minimum Gasteiger partial charge on any atom is -0.396 e. The lowest BCUT2D eigenvalue weighted by atomic mass is 9.91. The minimum absolute atomic E-state index is 0.134. The van der Waals surface area contributed by atoms with Gasteiger partial charge in [0.15, 0.2) is 5.78 Å². The fourth-order valence-corrected chi connectivity index (χ4v) is 2.77. The number of hydrogen-bond acceptors (Lipinski definition) is 5. The Morgan fingerprint density at radius 3 is 2.37 bits per heavy atom. The van der Waals surface area contributed by atoms with Crippen LogP contribution in [0.4, 0.5) is 0 Å². The van der Waals surface area contributed by atoms with Crippen LogP contribution in [0.1, 0.15) is 45.6 Å². The first-order valence-corrected chi connectivity index (χ1v) is 6.29. The molecule has 5 heteroatoms. The Kier molecular flexibility index (Phi) is 4.01. The van der Waals surface area contributed by atoms with Gasteiger partial charge in [-0.15, -0.1) is 0 Å². The van der Waals surface area contributed by atoms with Gasteiger partial charge in [-0.2, -0.15) is 0 Å². The molecule has 0 bridgehead atoms. The van der Waals surface area contributed by atoms with Crippen molar-refractivity contribution in [1.82, 2.24) is 0 Å². The van der Waals surface area contributed by atoms with Crippen molar-refractivity contribution in [3.05, 3.63) is 33.9 Å². The van der Waals surface area contributed by atoms with Crippen molar-refractivity contribution in [2.45, 2.75) is 32.7 Å². The first-order valence-electron chi connectivity index (χ1n) is 6.29. The van der Waals surface area contributed by atoms with Gasteiger partial charge in [-0.05, 0) is 34.7 Å². The predicted octanol–water partition coefficient (Wildman–Crippen LogP) is 0.0718. The van der Waals surface area contributed by atoms with Crippen LogP contribution in [-0.4, -0.2) is 32.8 Å². The van der Waals surface area contributed by atoms with E-state index in [9.17, 15) is 20.1 Å². The summed E-state index contributed by atoms with van der Waals surface area (Å²) in [6.45, 7) is 0.894. The second kappa shape index (κ2) is 5.38. The lowest BCUT2D eigenvalue weighted by molar-refractivity contribution is 0.0789. The van der Waals surface area contributed by atoms with Gasteiger partial charge >= 0.3 is 0 Å². The monoisotopic (exact) mass is 266 g/mol. The second-order valence-electron chi connectivity index (χ2n) is 4.84. The fourth-order valence-electron chi connectivity index (χ4n) is 2.77. The number of rotatable bonds is 4. The van der Waals surface area contributed by atoms with Crippen LogP contribution < -0.4 is 0 Å². The zero-order valence-corrected chi connectivity index (χ0v) is 10.8. The number of carbonyl (C=O) groups excluding carboxylic acids is 1. The lowest BCUT2D eigenvalue weighted by Gasteiger charge is -2.16. The molecule has 0 aliphatic heterocycles. The number of benzene rings is 1. The van der Waals surface area contributed by atoms with Gasteiger partial charge in [0.2, 0.25) is 0 Å². The molecule has 5 nitrogen and oxygen atoms in total. The Hall–Kier alpha value is -1.27. The molecule has 0 amide bonds. The minimum atomic E-state index is -0.902. The van der Waals surface area contributed by atoms with Crippen molar-refractivity contribution in [1.29, 1.82) is 0 Å². The average Bonchev–Trinajstić information content (AvgIpc) is 2.63. The molecule has 0 saturated heterocycles. The quantitative estimate of drug-likeness (QED) is 0.618. The van der Waals surface area contributed by atoms with E-state index in [1.165, 1.54) is 0 Å². The maximum atomic E-state index is 12.1. The number of ketones is 1. The summed E-state index contributed by atoms with van der Waals surface area (Å²) < 4.78 is 0. The molecule has 0 saturated carbocycles. The number of hydrogen-bond donors (Lipinski definition) is 4. The Morgan fingerprint density at radius 2 is 1.84 bits per heavy atom. The lowest BCUT2D eigenvalue weighted by Crippen LogP contribution is -2.11. The normalized spacial score (nSPS) is 21.8. The smallest absolute Gasteiger partial charge is 0.169 e. The molecule has 0 aromatic heterocycles. The third-order valence-electron chi connectivity index (χ3n) is 3.81. The van der Waals surface area contributed by atoms with E-state index in [0.29, 0.717) is 27.8 Å². The molecule has 2 atom stereocenters. The Morgan fingerprint density at radius 1 is 1.16 bits per heavy atom. The molecule has 0 unspecified atom stereocenters. The summed E-state index contributed by atoms with van der Waals surface area (Å²) in [5.74, 6) is -0.744. The van der Waals surface area contributed by atoms with E-state index in [-0.39, 0.29) is 32.0 Å². The number of carbonyl (C=O) groups is 1. The first kappa shape index (κ1) is 14.1. The van der Waals surface area contributed by atoms with Gasteiger partial charge in [-0.25, -0.2) is 0 Å². The molecule has 4 N–H and O–H groups in total. The van der Waals surface area contributed by atoms with Crippen LogP contribution in [0.25, 0.3) is 0 Å².